The zero-order valence-corrected chi connectivity index (χ0v) is 15.3. The van der Waals surface area contributed by atoms with Crippen LogP contribution in [0.4, 0.5) is 0 Å². The summed E-state index contributed by atoms with van der Waals surface area (Å²) < 4.78 is 4.10. The Morgan fingerprint density at radius 2 is 2.00 bits per heavy atom. The van der Waals surface area contributed by atoms with Crippen molar-refractivity contribution in [3.05, 3.63) is 61.4 Å². The molecule has 0 radical (unpaired) electrons. The zero-order valence-electron chi connectivity index (χ0n) is 12.9. The van der Waals surface area contributed by atoms with Crippen molar-refractivity contribution in [1.82, 2.24) is 19.3 Å². The standard InChI is InChI=1S/C16H12BrN5OS/c1-9-10(2)24-15-13(9)14(23)22(16-20-18-8-21(15)16)19-7-11-3-5-12(17)6-4-11/h3-8H,1-2H3/b19-7+. The van der Waals surface area contributed by atoms with Gasteiger partial charge >= 0.3 is 0 Å². The highest BCUT2D eigenvalue weighted by Crippen LogP contribution is 2.27. The molecule has 0 aliphatic heterocycles. The minimum Gasteiger partial charge on any atom is -0.266 e. The summed E-state index contributed by atoms with van der Waals surface area (Å²) in [6.45, 7) is 3.96. The summed E-state index contributed by atoms with van der Waals surface area (Å²) in [6.07, 6.45) is 3.25. The summed E-state index contributed by atoms with van der Waals surface area (Å²) in [5, 5.41) is 13.0. The molecule has 0 atom stereocenters. The number of nitrogens with zero attached hydrogens (tertiary/aromatic N) is 5. The van der Waals surface area contributed by atoms with Crippen molar-refractivity contribution in [2.24, 2.45) is 5.10 Å². The molecule has 6 nitrogen and oxygen atoms in total. The summed E-state index contributed by atoms with van der Waals surface area (Å²) in [5.41, 5.74) is 1.69. The Kier molecular flexibility index (Phi) is 3.58. The van der Waals surface area contributed by atoms with Gasteiger partial charge in [-0.3, -0.25) is 9.20 Å². The lowest BCUT2D eigenvalue weighted by molar-refractivity contribution is 0.835. The molecule has 0 saturated carbocycles. The lowest BCUT2D eigenvalue weighted by Crippen LogP contribution is -2.19. The molecule has 0 aliphatic carbocycles. The number of hydrogen-bond acceptors (Lipinski definition) is 5. The van der Waals surface area contributed by atoms with Gasteiger partial charge in [0.2, 0.25) is 0 Å². The summed E-state index contributed by atoms with van der Waals surface area (Å²) >= 11 is 4.96. The van der Waals surface area contributed by atoms with Gasteiger partial charge in [-0.05, 0) is 37.1 Å². The Morgan fingerprint density at radius 1 is 1.25 bits per heavy atom. The summed E-state index contributed by atoms with van der Waals surface area (Å²) in [5.74, 6) is 0.405. The second kappa shape index (κ2) is 5.64. The van der Waals surface area contributed by atoms with Crippen LogP contribution in [0, 0.1) is 13.8 Å². The Labute approximate surface area is 149 Å². The first-order valence-electron chi connectivity index (χ1n) is 7.20. The molecule has 0 unspecified atom stereocenters. The SMILES string of the molecule is Cc1sc2c(c1C)c(=O)n(/N=C/c1ccc(Br)cc1)c1nncn21. The summed E-state index contributed by atoms with van der Waals surface area (Å²) in [6, 6.07) is 7.68. The number of rotatable bonds is 2. The third kappa shape index (κ3) is 2.30. The van der Waals surface area contributed by atoms with Crippen LogP contribution in [-0.4, -0.2) is 25.5 Å². The summed E-state index contributed by atoms with van der Waals surface area (Å²) in [7, 11) is 0. The maximum Gasteiger partial charge on any atom is 0.284 e. The number of thiophene rings is 1. The average Bonchev–Trinajstić information content (AvgIpc) is 3.15. The molecule has 4 rings (SSSR count). The molecule has 0 aliphatic rings. The summed E-state index contributed by atoms with van der Waals surface area (Å²) in [4.78, 5) is 14.9. The molecule has 8 heteroatoms. The Balaban J connectivity index is 1.98. The van der Waals surface area contributed by atoms with Gasteiger partial charge in [0.15, 0.2) is 0 Å². The van der Waals surface area contributed by atoms with Crippen LogP contribution >= 0.6 is 27.3 Å². The second-order valence-electron chi connectivity index (χ2n) is 5.38. The predicted molar refractivity (Wildman–Crippen MR) is 99.2 cm³/mol. The molecule has 0 amide bonds. The van der Waals surface area contributed by atoms with Gasteiger partial charge in [0.05, 0.1) is 11.6 Å². The normalized spacial score (nSPS) is 12.0. The monoisotopic (exact) mass is 401 g/mol. The maximum absolute atomic E-state index is 12.9. The molecule has 3 heterocycles. The molecular formula is C16H12BrN5OS. The van der Waals surface area contributed by atoms with Gasteiger partial charge < -0.3 is 0 Å². The van der Waals surface area contributed by atoms with Crippen molar-refractivity contribution in [2.45, 2.75) is 13.8 Å². The van der Waals surface area contributed by atoms with Crippen molar-refractivity contribution in [1.29, 1.82) is 0 Å². The van der Waals surface area contributed by atoms with Crippen molar-refractivity contribution < 1.29 is 0 Å². The molecule has 24 heavy (non-hydrogen) atoms. The number of aryl methyl sites for hydroxylation is 2. The number of hydrogen-bond donors (Lipinski definition) is 0. The Morgan fingerprint density at radius 3 is 2.75 bits per heavy atom. The van der Waals surface area contributed by atoms with Gasteiger partial charge in [-0.1, -0.05) is 28.1 Å². The van der Waals surface area contributed by atoms with E-state index < -0.39 is 0 Å². The zero-order chi connectivity index (χ0) is 16.8. The minimum absolute atomic E-state index is 0.180. The quantitative estimate of drug-likeness (QED) is 0.483. The molecule has 0 bridgehead atoms. The Hall–Kier alpha value is -2.32. The van der Waals surface area contributed by atoms with Gasteiger partial charge in [0.1, 0.15) is 11.2 Å². The van der Waals surface area contributed by atoms with Gasteiger partial charge in [0, 0.05) is 9.35 Å². The highest BCUT2D eigenvalue weighted by atomic mass is 79.9. The fraction of sp³-hybridized carbons (Fsp3) is 0.125. The predicted octanol–water partition coefficient (Wildman–Crippen LogP) is 3.37. The number of halogens is 1. The first-order chi connectivity index (χ1) is 11.6. The number of aromatic nitrogens is 4. The van der Waals surface area contributed by atoms with Crippen LogP contribution in [0.25, 0.3) is 16.0 Å². The molecule has 1 aromatic carbocycles. The van der Waals surface area contributed by atoms with Crippen LogP contribution in [0.1, 0.15) is 16.0 Å². The number of fused-ring (bicyclic) bond motifs is 3. The molecule has 0 fully saturated rings. The molecular weight excluding hydrogens is 390 g/mol. The lowest BCUT2D eigenvalue weighted by Gasteiger charge is -2.03. The highest BCUT2D eigenvalue weighted by molar-refractivity contribution is 9.10. The fourth-order valence-electron chi connectivity index (χ4n) is 2.52. The molecule has 0 saturated heterocycles. The molecule has 120 valence electrons. The van der Waals surface area contributed by atoms with E-state index in [4.69, 9.17) is 0 Å². The van der Waals surface area contributed by atoms with Gasteiger partial charge in [-0.2, -0.15) is 9.78 Å². The van der Waals surface area contributed by atoms with E-state index >= 15 is 0 Å². The largest absolute Gasteiger partial charge is 0.284 e. The van der Waals surface area contributed by atoms with Crippen molar-refractivity contribution in [3.63, 3.8) is 0 Å². The van der Waals surface area contributed by atoms with E-state index in [9.17, 15) is 4.79 Å². The minimum atomic E-state index is -0.180. The van der Waals surface area contributed by atoms with Gasteiger partial charge in [-0.25, -0.2) is 0 Å². The van der Waals surface area contributed by atoms with Crippen LogP contribution < -0.4 is 5.56 Å². The third-order valence-corrected chi connectivity index (χ3v) is 5.64. The first kappa shape index (κ1) is 15.2. The van der Waals surface area contributed by atoms with Crippen LogP contribution in [0.5, 0.6) is 0 Å². The highest BCUT2D eigenvalue weighted by Gasteiger charge is 2.17. The Bertz CT molecular complexity index is 1150. The second-order valence-corrected chi connectivity index (χ2v) is 7.50. The molecule has 0 spiro atoms. The van der Waals surface area contributed by atoms with Crippen LogP contribution in [0.2, 0.25) is 0 Å². The van der Waals surface area contributed by atoms with Crippen LogP contribution in [-0.2, 0) is 0 Å². The van der Waals surface area contributed by atoms with Crippen molar-refractivity contribution in [3.8, 4) is 0 Å². The van der Waals surface area contributed by atoms with E-state index in [0.717, 1.165) is 25.3 Å². The van der Waals surface area contributed by atoms with E-state index in [1.807, 2.05) is 38.1 Å². The van der Waals surface area contributed by atoms with E-state index in [1.165, 1.54) is 4.68 Å². The average molecular weight is 402 g/mol. The first-order valence-corrected chi connectivity index (χ1v) is 8.81. The molecule has 4 aromatic rings. The van der Waals surface area contributed by atoms with E-state index in [1.54, 1.807) is 28.3 Å². The van der Waals surface area contributed by atoms with Gasteiger partial charge in [0.25, 0.3) is 11.3 Å². The lowest BCUT2D eigenvalue weighted by atomic mass is 10.2. The van der Waals surface area contributed by atoms with E-state index in [2.05, 4.69) is 31.2 Å². The van der Waals surface area contributed by atoms with Gasteiger partial charge in [-0.15, -0.1) is 21.5 Å². The third-order valence-electron chi connectivity index (χ3n) is 3.90. The molecule has 3 aromatic heterocycles. The smallest absolute Gasteiger partial charge is 0.266 e. The maximum atomic E-state index is 12.9. The van der Waals surface area contributed by atoms with E-state index in [0.29, 0.717) is 11.2 Å². The van der Waals surface area contributed by atoms with Crippen LogP contribution in [0.15, 0.2) is 45.0 Å². The number of benzene rings is 1. The topological polar surface area (TPSA) is 64.5 Å². The van der Waals surface area contributed by atoms with Crippen molar-refractivity contribution in [2.75, 3.05) is 0 Å². The molecule has 0 N–H and O–H groups in total. The van der Waals surface area contributed by atoms with Crippen LogP contribution in [0.3, 0.4) is 0 Å². The van der Waals surface area contributed by atoms with E-state index in [-0.39, 0.29) is 5.56 Å². The fourth-order valence-corrected chi connectivity index (χ4v) is 3.90. The van der Waals surface area contributed by atoms with Crippen molar-refractivity contribution >= 4 is 49.5 Å².